The van der Waals surface area contributed by atoms with Crippen LogP contribution in [0.5, 0.6) is 0 Å². The van der Waals surface area contributed by atoms with Crippen LogP contribution in [0.2, 0.25) is 0 Å². The van der Waals surface area contributed by atoms with Gasteiger partial charge in [0.2, 0.25) is 0 Å². The summed E-state index contributed by atoms with van der Waals surface area (Å²) in [7, 11) is 1.34. The van der Waals surface area contributed by atoms with Crippen LogP contribution in [0.4, 0.5) is 0 Å². The van der Waals surface area contributed by atoms with E-state index < -0.39 is 11.5 Å². The van der Waals surface area contributed by atoms with Crippen molar-refractivity contribution in [1.29, 1.82) is 0 Å². The van der Waals surface area contributed by atoms with Crippen molar-refractivity contribution in [2.75, 3.05) is 26.9 Å². The van der Waals surface area contributed by atoms with Crippen molar-refractivity contribution in [3.05, 3.63) is 35.9 Å². The minimum absolute atomic E-state index is 0.182. The third kappa shape index (κ3) is 5.46. The first-order valence-electron chi connectivity index (χ1n) is 7.13. The predicted octanol–water partition coefficient (Wildman–Crippen LogP) is 1.85. The summed E-state index contributed by atoms with van der Waals surface area (Å²) in [5.41, 5.74) is 5.79. The largest absolute Gasteiger partial charge is 0.467 e. The first-order chi connectivity index (χ1) is 10.0. The molecule has 2 N–H and O–H groups in total. The Morgan fingerprint density at radius 3 is 2.43 bits per heavy atom. The standard InChI is InChI=1S/C16H25NO4/c1-13(2)21-12-11-20-10-9-16(17,15(18)19-3)14-7-5-4-6-8-14/h4-8,13H,9-12,17H2,1-3H3. The minimum Gasteiger partial charge on any atom is -0.467 e. The molecule has 0 aliphatic carbocycles. The second kappa shape index (κ2) is 8.77. The number of hydrogen-bond acceptors (Lipinski definition) is 5. The molecule has 0 heterocycles. The van der Waals surface area contributed by atoms with Gasteiger partial charge in [0.1, 0.15) is 5.54 Å². The number of rotatable bonds is 9. The van der Waals surface area contributed by atoms with Crippen molar-refractivity contribution in [2.45, 2.75) is 31.9 Å². The summed E-state index contributed by atoms with van der Waals surface area (Å²) in [6.07, 6.45) is 0.535. The van der Waals surface area contributed by atoms with Gasteiger partial charge in [-0.15, -0.1) is 0 Å². The molecule has 21 heavy (non-hydrogen) atoms. The van der Waals surface area contributed by atoms with E-state index in [9.17, 15) is 4.79 Å². The Bertz CT molecular complexity index is 422. The Hall–Kier alpha value is -1.43. The third-order valence-corrected chi connectivity index (χ3v) is 3.16. The van der Waals surface area contributed by atoms with Crippen LogP contribution in [0.25, 0.3) is 0 Å². The number of benzene rings is 1. The van der Waals surface area contributed by atoms with Gasteiger partial charge in [-0.05, 0) is 19.4 Å². The Balaban J connectivity index is 2.54. The lowest BCUT2D eigenvalue weighted by Crippen LogP contribution is -2.46. The van der Waals surface area contributed by atoms with E-state index in [0.29, 0.717) is 26.2 Å². The molecular weight excluding hydrogens is 270 g/mol. The lowest BCUT2D eigenvalue weighted by atomic mass is 9.88. The van der Waals surface area contributed by atoms with E-state index in [-0.39, 0.29) is 6.10 Å². The van der Waals surface area contributed by atoms with Crippen molar-refractivity contribution in [3.8, 4) is 0 Å². The van der Waals surface area contributed by atoms with Crippen molar-refractivity contribution in [3.63, 3.8) is 0 Å². The molecule has 0 saturated carbocycles. The van der Waals surface area contributed by atoms with Crippen molar-refractivity contribution >= 4 is 5.97 Å². The molecule has 1 atom stereocenters. The Morgan fingerprint density at radius 1 is 1.19 bits per heavy atom. The molecule has 118 valence electrons. The summed E-state index contributed by atoms with van der Waals surface area (Å²) in [6, 6.07) is 9.20. The zero-order valence-corrected chi connectivity index (χ0v) is 13.0. The molecule has 0 aromatic heterocycles. The smallest absolute Gasteiger partial charge is 0.330 e. The molecule has 0 aliphatic rings. The molecule has 0 bridgehead atoms. The van der Waals surface area contributed by atoms with Crippen LogP contribution < -0.4 is 5.73 Å². The highest BCUT2D eigenvalue weighted by Crippen LogP contribution is 2.23. The molecule has 0 amide bonds. The number of carbonyl (C=O) groups is 1. The molecule has 0 fully saturated rings. The van der Waals surface area contributed by atoms with Gasteiger partial charge in [0, 0.05) is 13.0 Å². The van der Waals surface area contributed by atoms with Crippen LogP contribution in [0.1, 0.15) is 25.8 Å². The van der Waals surface area contributed by atoms with E-state index in [2.05, 4.69) is 0 Å². The zero-order valence-electron chi connectivity index (χ0n) is 13.0. The molecule has 0 radical (unpaired) electrons. The van der Waals surface area contributed by atoms with Crippen LogP contribution in [-0.4, -0.2) is 39.0 Å². The monoisotopic (exact) mass is 295 g/mol. The number of ether oxygens (including phenoxy) is 3. The first kappa shape index (κ1) is 17.6. The molecule has 0 aliphatic heterocycles. The van der Waals surface area contributed by atoms with E-state index in [1.54, 1.807) is 0 Å². The summed E-state index contributed by atoms with van der Waals surface area (Å²) in [5.74, 6) is -0.462. The summed E-state index contributed by atoms with van der Waals surface area (Å²) >= 11 is 0. The lowest BCUT2D eigenvalue weighted by Gasteiger charge is -2.27. The van der Waals surface area contributed by atoms with Gasteiger partial charge in [-0.25, -0.2) is 4.79 Å². The molecule has 5 heteroatoms. The lowest BCUT2D eigenvalue weighted by molar-refractivity contribution is -0.148. The van der Waals surface area contributed by atoms with Gasteiger partial charge in [-0.3, -0.25) is 0 Å². The van der Waals surface area contributed by atoms with Crippen LogP contribution in [0.15, 0.2) is 30.3 Å². The van der Waals surface area contributed by atoms with Crippen LogP contribution in [0.3, 0.4) is 0 Å². The highest BCUT2D eigenvalue weighted by molar-refractivity contribution is 5.82. The molecule has 1 rings (SSSR count). The van der Waals surface area contributed by atoms with Gasteiger partial charge in [-0.2, -0.15) is 0 Å². The number of methoxy groups -OCH3 is 1. The van der Waals surface area contributed by atoms with Gasteiger partial charge in [0.25, 0.3) is 0 Å². The first-order valence-corrected chi connectivity index (χ1v) is 7.13. The summed E-state index contributed by atoms with van der Waals surface area (Å²) < 4.78 is 15.7. The fourth-order valence-electron chi connectivity index (χ4n) is 1.96. The highest BCUT2D eigenvalue weighted by atomic mass is 16.5. The number of nitrogens with two attached hydrogens (primary N) is 1. The van der Waals surface area contributed by atoms with Gasteiger partial charge in [0.05, 0.1) is 26.4 Å². The summed E-state index contributed by atoms with van der Waals surface area (Å²) in [4.78, 5) is 12.0. The number of esters is 1. The predicted molar refractivity (Wildman–Crippen MR) is 80.8 cm³/mol. The number of carbonyl (C=O) groups excluding carboxylic acids is 1. The molecule has 1 unspecified atom stereocenters. The van der Waals surface area contributed by atoms with Gasteiger partial charge < -0.3 is 19.9 Å². The summed E-state index contributed by atoms with van der Waals surface area (Å²) in [6.45, 7) is 5.31. The van der Waals surface area contributed by atoms with Crippen LogP contribution in [0, 0.1) is 0 Å². The van der Waals surface area contributed by atoms with Crippen molar-refractivity contribution < 1.29 is 19.0 Å². The van der Waals surface area contributed by atoms with E-state index in [1.807, 2.05) is 44.2 Å². The third-order valence-electron chi connectivity index (χ3n) is 3.16. The molecule has 5 nitrogen and oxygen atoms in total. The van der Waals surface area contributed by atoms with E-state index >= 15 is 0 Å². The summed E-state index contributed by atoms with van der Waals surface area (Å²) in [5, 5.41) is 0. The number of hydrogen-bond donors (Lipinski definition) is 1. The zero-order chi connectivity index (χ0) is 15.7. The molecule has 0 saturated heterocycles. The Labute approximate surface area is 126 Å². The second-order valence-corrected chi connectivity index (χ2v) is 5.11. The fourth-order valence-corrected chi connectivity index (χ4v) is 1.96. The van der Waals surface area contributed by atoms with Crippen LogP contribution in [-0.2, 0) is 24.5 Å². The van der Waals surface area contributed by atoms with Gasteiger partial charge >= 0.3 is 5.97 Å². The molecule has 0 spiro atoms. The topological polar surface area (TPSA) is 70.8 Å². The van der Waals surface area contributed by atoms with Gasteiger partial charge in [-0.1, -0.05) is 30.3 Å². The molecule has 1 aromatic rings. The molecule has 1 aromatic carbocycles. The SMILES string of the molecule is COC(=O)C(N)(CCOCCOC(C)C)c1ccccc1. The average molecular weight is 295 g/mol. The van der Waals surface area contributed by atoms with Gasteiger partial charge in [0.15, 0.2) is 0 Å². The quantitative estimate of drug-likeness (QED) is 0.556. The van der Waals surface area contributed by atoms with E-state index in [1.165, 1.54) is 7.11 Å². The molecular formula is C16H25NO4. The van der Waals surface area contributed by atoms with Crippen LogP contribution >= 0.6 is 0 Å². The Morgan fingerprint density at radius 2 is 1.86 bits per heavy atom. The van der Waals surface area contributed by atoms with E-state index in [4.69, 9.17) is 19.9 Å². The maximum atomic E-state index is 12.0. The van der Waals surface area contributed by atoms with Crippen molar-refractivity contribution in [2.24, 2.45) is 5.73 Å². The highest BCUT2D eigenvalue weighted by Gasteiger charge is 2.36. The second-order valence-electron chi connectivity index (χ2n) is 5.11. The Kier molecular flexibility index (Phi) is 7.36. The average Bonchev–Trinajstić information content (AvgIpc) is 2.50. The maximum Gasteiger partial charge on any atom is 0.330 e. The fraction of sp³-hybridized carbons (Fsp3) is 0.562. The van der Waals surface area contributed by atoms with Crippen molar-refractivity contribution in [1.82, 2.24) is 0 Å². The van der Waals surface area contributed by atoms with E-state index in [0.717, 1.165) is 5.56 Å². The maximum absolute atomic E-state index is 12.0. The normalized spacial score (nSPS) is 14.0. The minimum atomic E-state index is -1.19.